The lowest BCUT2D eigenvalue weighted by Crippen LogP contribution is -2.13. The van der Waals surface area contributed by atoms with Gasteiger partial charge in [0.25, 0.3) is 0 Å². The highest BCUT2D eigenvalue weighted by atomic mass is 32.1. The predicted molar refractivity (Wildman–Crippen MR) is 58.4 cm³/mol. The lowest BCUT2D eigenvalue weighted by atomic mass is 9.93. The fraction of sp³-hybridized carbons (Fsp3) is 0.700. The van der Waals surface area contributed by atoms with Crippen LogP contribution in [-0.4, -0.2) is 18.6 Å². The molecule has 1 heterocycles. The number of hydrogen-bond donors (Lipinski definition) is 1. The standard InChI is InChI=1S/C10H18N2S/c1-10(2,3)8-7-13-9(12-8)5-6-11-4/h7,11H,5-6H2,1-4H3. The fourth-order valence-corrected chi connectivity index (χ4v) is 2.03. The Balaban J connectivity index is 2.64. The van der Waals surface area contributed by atoms with Gasteiger partial charge in [-0.25, -0.2) is 4.98 Å². The van der Waals surface area contributed by atoms with Crippen LogP contribution in [0.5, 0.6) is 0 Å². The number of thiazole rings is 1. The zero-order valence-corrected chi connectivity index (χ0v) is 9.66. The largest absolute Gasteiger partial charge is 0.319 e. The molecule has 1 aromatic heterocycles. The molecule has 0 spiro atoms. The van der Waals surface area contributed by atoms with Gasteiger partial charge in [0.2, 0.25) is 0 Å². The number of nitrogens with zero attached hydrogens (tertiary/aromatic N) is 1. The van der Waals surface area contributed by atoms with Crippen molar-refractivity contribution in [2.45, 2.75) is 32.6 Å². The molecule has 0 aliphatic rings. The Labute approximate surface area is 84.4 Å². The first-order valence-electron chi connectivity index (χ1n) is 4.63. The van der Waals surface area contributed by atoms with Crippen molar-refractivity contribution >= 4 is 11.3 Å². The molecule has 74 valence electrons. The minimum atomic E-state index is 0.189. The molecule has 0 aromatic carbocycles. The normalized spacial score (nSPS) is 12.0. The van der Waals surface area contributed by atoms with Crippen molar-refractivity contribution in [2.75, 3.05) is 13.6 Å². The van der Waals surface area contributed by atoms with E-state index in [2.05, 4.69) is 36.5 Å². The Kier molecular flexibility index (Phi) is 3.45. The van der Waals surface area contributed by atoms with Crippen LogP contribution in [-0.2, 0) is 11.8 Å². The van der Waals surface area contributed by atoms with Gasteiger partial charge in [0.1, 0.15) is 0 Å². The van der Waals surface area contributed by atoms with Crippen LogP contribution < -0.4 is 5.32 Å². The van der Waals surface area contributed by atoms with Crippen LogP contribution >= 0.6 is 11.3 Å². The van der Waals surface area contributed by atoms with E-state index in [0.717, 1.165) is 13.0 Å². The molecule has 0 saturated heterocycles. The van der Waals surface area contributed by atoms with Crippen molar-refractivity contribution in [3.8, 4) is 0 Å². The van der Waals surface area contributed by atoms with Gasteiger partial charge in [-0.05, 0) is 7.05 Å². The van der Waals surface area contributed by atoms with E-state index in [1.165, 1.54) is 10.7 Å². The maximum atomic E-state index is 4.60. The van der Waals surface area contributed by atoms with E-state index in [0.29, 0.717) is 0 Å². The van der Waals surface area contributed by atoms with Gasteiger partial charge in [-0.1, -0.05) is 20.8 Å². The van der Waals surface area contributed by atoms with Crippen molar-refractivity contribution in [3.05, 3.63) is 16.1 Å². The molecule has 0 aliphatic heterocycles. The van der Waals surface area contributed by atoms with Gasteiger partial charge in [-0.15, -0.1) is 11.3 Å². The summed E-state index contributed by atoms with van der Waals surface area (Å²) >= 11 is 1.77. The zero-order chi connectivity index (χ0) is 9.90. The molecule has 1 N–H and O–H groups in total. The van der Waals surface area contributed by atoms with Gasteiger partial charge in [-0.3, -0.25) is 0 Å². The van der Waals surface area contributed by atoms with Crippen LogP contribution in [0.25, 0.3) is 0 Å². The van der Waals surface area contributed by atoms with Crippen molar-refractivity contribution < 1.29 is 0 Å². The molecule has 2 nitrogen and oxygen atoms in total. The van der Waals surface area contributed by atoms with Crippen LogP contribution in [0.1, 0.15) is 31.5 Å². The second-order valence-corrected chi connectivity index (χ2v) is 5.17. The summed E-state index contributed by atoms with van der Waals surface area (Å²) < 4.78 is 0. The molecular formula is C10H18N2S. The second-order valence-electron chi connectivity index (χ2n) is 4.23. The molecule has 0 atom stereocenters. The molecule has 3 heteroatoms. The number of aromatic nitrogens is 1. The Bertz CT molecular complexity index is 260. The maximum absolute atomic E-state index is 4.60. The molecule has 13 heavy (non-hydrogen) atoms. The van der Waals surface area contributed by atoms with Crippen LogP contribution in [0.15, 0.2) is 5.38 Å². The second kappa shape index (κ2) is 4.20. The average molecular weight is 198 g/mol. The van der Waals surface area contributed by atoms with Gasteiger partial charge in [0, 0.05) is 23.8 Å². The van der Waals surface area contributed by atoms with Crippen molar-refractivity contribution in [1.82, 2.24) is 10.3 Å². The van der Waals surface area contributed by atoms with E-state index in [1.54, 1.807) is 11.3 Å². The number of nitrogens with one attached hydrogen (secondary N) is 1. The van der Waals surface area contributed by atoms with Crippen LogP contribution in [0.3, 0.4) is 0 Å². The summed E-state index contributed by atoms with van der Waals surface area (Å²) in [4.78, 5) is 4.60. The summed E-state index contributed by atoms with van der Waals surface area (Å²) in [5.74, 6) is 0. The van der Waals surface area contributed by atoms with Crippen molar-refractivity contribution in [2.24, 2.45) is 0 Å². The Morgan fingerprint density at radius 1 is 1.46 bits per heavy atom. The number of rotatable bonds is 3. The van der Waals surface area contributed by atoms with Gasteiger partial charge in [0.15, 0.2) is 0 Å². The summed E-state index contributed by atoms with van der Waals surface area (Å²) in [5, 5.41) is 6.54. The fourth-order valence-electron chi connectivity index (χ4n) is 1.00. The third-order valence-electron chi connectivity index (χ3n) is 1.91. The predicted octanol–water partition coefficient (Wildman–Crippen LogP) is 2.20. The molecule has 0 saturated carbocycles. The third kappa shape index (κ3) is 3.08. The molecule has 0 aliphatic carbocycles. The Morgan fingerprint density at radius 2 is 2.15 bits per heavy atom. The molecule has 0 unspecified atom stereocenters. The molecule has 1 aromatic rings. The molecule has 1 rings (SSSR count). The van der Waals surface area contributed by atoms with Gasteiger partial charge in [0.05, 0.1) is 10.7 Å². The number of hydrogen-bond acceptors (Lipinski definition) is 3. The quantitative estimate of drug-likeness (QED) is 0.805. The van der Waals surface area contributed by atoms with Gasteiger partial charge in [-0.2, -0.15) is 0 Å². The van der Waals surface area contributed by atoms with Gasteiger partial charge < -0.3 is 5.32 Å². The number of likely N-dealkylation sites (N-methyl/N-ethyl adjacent to an activating group) is 1. The zero-order valence-electron chi connectivity index (χ0n) is 8.85. The molecule has 0 fully saturated rings. The first-order chi connectivity index (χ1) is 6.04. The average Bonchev–Trinajstić information content (AvgIpc) is 2.47. The Hall–Kier alpha value is -0.410. The van der Waals surface area contributed by atoms with E-state index in [-0.39, 0.29) is 5.41 Å². The molecule has 0 radical (unpaired) electrons. The maximum Gasteiger partial charge on any atom is 0.0941 e. The van der Waals surface area contributed by atoms with Crippen molar-refractivity contribution in [3.63, 3.8) is 0 Å². The first-order valence-corrected chi connectivity index (χ1v) is 5.51. The highest BCUT2D eigenvalue weighted by Gasteiger charge is 2.16. The topological polar surface area (TPSA) is 24.9 Å². The summed E-state index contributed by atoms with van der Waals surface area (Å²) in [6.45, 7) is 7.61. The lowest BCUT2D eigenvalue weighted by molar-refractivity contribution is 0.570. The summed E-state index contributed by atoms with van der Waals surface area (Å²) in [5.41, 5.74) is 1.40. The summed E-state index contributed by atoms with van der Waals surface area (Å²) in [6.07, 6.45) is 1.04. The van der Waals surface area contributed by atoms with Crippen LogP contribution in [0.2, 0.25) is 0 Å². The monoisotopic (exact) mass is 198 g/mol. The van der Waals surface area contributed by atoms with E-state index in [4.69, 9.17) is 0 Å². The van der Waals surface area contributed by atoms with E-state index in [1.807, 2.05) is 7.05 Å². The SMILES string of the molecule is CNCCc1nc(C(C)(C)C)cs1. The van der Waals surface area contributed by atoms with E-state index >= 15 is 0 Å². The molecular weight excluding hydrogens is 180 g/mol. The highest BCUT2D eigenvalue weighted by molar-refractivity contribution is 7.09. The molecule has 0 bridgehead atoms. The summed E-state index contributed by atoms with van der Waals surface area (Å²) in [7, 11) is 1.97. The third-order valence-corrected chi connectivity index (χ3v) is 2.82. The Morgan fingerprint density at radius 3 is 2.62 bits per heavy atom. The van der Waals surface area contributed by atoms with Crippen molar-refractivity contribution in [1.29, 1.82) is 0 Å². The van der Waals surface area contributed by atoms with Crippen LogP contribution in [0, 0.1) is 0 Å². The van der Waals surface area contributed by atoms with Gasteiger partial charge >= 0.3 is 0 Å². The first kappa shape index (κ1) is 10.7. The highest BCUT2D eigenvalue weighted by Crippen LogP contribution is 2.23. The summed E-state index contributed by atoms with van der Waals surface area (Å²) in [6, 6.07) is 0. The minimum absolute atomic E-state index is 0.189. The van der Waals surface area contributed by atoms with E-state index in [9.17, 15) is 0 Å². The van der Waals surface area contributed by atoms with Crippen LogP contribution in [0.4, 0.5) is 0 Å². The lowest BCUT2D eigenvalue weighted by Gasteiger charge is -2.14. The van der Waals surface area contributed by atoms with E-state index < -0.39 is 0 Å². The smallest absolute Gasteiger partial charge is 0.0941 e. The minimum Gasteiger partial charge on any atom is -0.319 e. The molecule has 0 amide bonds.